The molecule has 0 radical (unpaired) electrons. The number of hydrogen-bond acceptors (Lipinski definition) is 5. The second-order valence-electron chi connectivity index (χ2n) is 8.21. The molecule has 2 saturated carbocycles. The van der Waals surface area contributed by atoms with Gasteiger partial charge in [0.25, 0.3) is 0 Å². The zero-order valence-electron chi connectivity index (χ0n) is 15.8. The van der Waals surface area contributed by atoms with Crippen molar-refractivity contribution in [3.05, 3.63) is 0 Å². The fourth-order valence-electron chi connectivity index (χ4n) is 4.65. The van der Waals surface area contributed by atoms with Crippen molar-refractivity contribution in [2.24, 2.45) is 16.8 Å². The summed E-state index contributed by atoms with van der Waals surface area (Å²) in [5, 5.41) is 3.01. The highest BCUT2D eigenvalue weighted by atomic mass is 16.6. The van der Waals surface area contributed by atoms with E-state index in [-0.39, 0.29) is 45.2 Å². The Morgan fingerprint density at radius 1 is 1.04 bits per heavy atom. The Morgan fingerprint density at radius 2 is 1.64 bits per heavy atom. The number of nitrogens with zero attached hydrogens (tertiary/aromatic N) is 1. The molecule has 6 heteroatoms. The summed E-state index contributed by atoms with van der Waals surface area (Å²) in [4.78, 5) is 26.1. The van der Waals surface area contributed by atoms with Gasteiger partial charge in [-0.05, 0) is 76.0 Å². The van der Waals surface area contributed by atoms with Gasteiger partial charge in [-0.3, -0.25) is 0 Å². The third-order valence-corrected chi connectivity index (χ3v) is 6.36. The second-order valence-corrected chi connectivity index (χ2v) is 8.21. The molecular formula is C22H40N2O4. The van der Waals surface area contributed by atoms with Crippen molar-refractivity contribution in [1.82, 2.24) is 5.32 Å². The SMILES string of the molecule is C.C.CCC1OC1COC(=O)NC1CCC(CC2CCC(N=C=O)CC2)CC1. The van der Waals surface area contributed by atoms with Crippen molar-refractivity contribution in [2.45, 2.75) is 110 Å². The summed E-state index contributed by atoms with van der Waals surface area (Å²) in [5.74, 6) is 1.54. The van der Waals surface area contributed by atoms with E-state index in [1.165, 1.54) is 32.1 Å². The number of nitrogens with one attached hydrogen (secondary N) is 1. The standard InChI is InChI=1S/C20H32N2O4.2CH4/c1-2-18-19(26-18)12-25-20(24)22-17-9-5-15(6-10-17)11-14-3-7-16(8-4-14)21-13-23;;/h14-19H,2-12H2,1H3,(H,22,24);2*1H4. The molecule has 162 valence electrons. The largest absolute Gasteiger partial charge is 0.447 e. The minimum Gasteiger partial charge on any atom is -0.447 e. The zero-order valence-corrected chi connectivity index (χ0v) is 15.8. The van der Waals surface area contributed by atoms with Crippen LogP contribution in [0.15, 0.2) is 4.99 Å². The molecule has 1 N–H and O–H groups in total. The smallest absolute Gasteiger partial charge is 0.407 e. The Labute approximate surface area is 170 Å². The van der Waals surface area contributed by atoms with Crippen molar-refractivity contribution < 1.29 is 19.1 Å². The van der Waals surface area contributed by atoms with Gasteiger partial charge < -0.3 is 14.8 Å². The summed E-state index contributed by atoms with van der Waals surface area (Å²) >= 11 is 0. The Balaban J connectivity index is 0.00000196. The molecular weight excluding hydrogens is 356 g/mol. The summed E-state index contributed by atoms with van der Waals surface area (Å²) < 4.78 is 10.7. The number of aliphatic imine (C=N–C) groups is 1. The van der Waals surface area contributed by atoms with E-state index in [1.807, 2.05) is 0 Å². The van der Waals surface area contributed by atoms with Gasteiger partial charge in [0.05, 0.1) is 12.1 Å². The minimum atomic E-state index is -0.298. The number of carbonyl (C=O) groups excluding carboxylic acids is 2. The van der Waals surface area contributed by atoms with Gasteiger partial charge in [-0.25, -0.2) is 14.6 Å². The van der Waals surface area contributed by atoms with Gasteiger partial charge in [-0.2, -0.15) is 0 Å². The average molecular weight is 397 g/mol. The van der Waals surface area contributed by atoms with Crippen LogP contribution in [0.3, 0.4) is 0 Å². The maximum absolute atomic E-state index is 11.9. The fraction of sp³-hybridized carbons (Fsp3) is 0.909. The predicted molar refractivity (Wildman–Crippen MR) is 111 cm³/mol. The number of alkyl carbamates (subject to hydrolysis) is 1. The highest BCUT2D eigenvalue weighted by Gasteiger charge is 2.38. The summed E-state index contributed by atoms with van der Waals surface area (Å²) in [6.07, 6.45) is 12.9. The molecule has 0 spiro atoms. The van der Waals surface area contributed by atoms with Crippen LogP contribution in [0.25, 0.3) is 0 Å². The first-order valence-electron chi connectivity index (χ1n) is 10.3. The van der Waals surface area contributed by atoms with E-state index in [2.05, 4.69) is 17.2 Å². The van der Waals surface area contributed by atoms with Crippen molar-refractivity contribution in [2.75, 3.05) is 6.61 Å². The topological polar surface area (TPSA) is 80.3 Å². The fourth-order valence-corrected chi connectivity index (χ4v) is 4.65. The van der Waals surface area contributed by atoms with Crippen LogP contribution in [0.1, 0.15) is 86.0 Å². The first-order valence-corrected chi connectivity index (χ1v) is 10.3. The van der Waals surface area contributed by atoms with Crippen LogP contribution in [0.2, 0.25) is 0 Å². The molecule has 1 saturated heterocycles. The average Bonchev–Trinajstić information content (AvgIpc) is 3.42. The van der Waals surface area contributed by atoms with Crippen LogP contribution < -0.4 is 5.32 Å². The zero-order chi connectivity index (χ0) is 18.4. The van der Waals surface area contributed by atoms with Crippen molar-refractivity contribution in [3.63, 3.8) is 0 Å². The predicted octanol–water partition coefficient (Wildman–Crippen LogP) is 5.01. The lowest BCUT2D eigenvalue weighted by atomic mass is 9.76. The highest BCUT2D eigenvalue weighted by Crippen LogP contribution is 2.36. The summed E-state index contributed by atoms with van der Waals surface area (Å²) in [5.41, 5.74) is 0. The van der Waals surface area contributed by atoms with E-state index in [0.717, 1.165) is 43.9 Å². The molecule has 3 aliphatic rings. The number of isocyanates is 1. The molecule has 0 aromatic heterocycles. The molecule has 1 amide bonds. The van der Waals surface area contributed by atoms with Crippen LogP contribution in [-0.4, -0.2) is 43.1 Å². The molecule has 3 rings (SSSR count). The van der Waals surface area contributed by atoms with Crippen LogP contribution in [0, 0.1) is 11.8 Å². The molecule has 28 heavy (non-hydrogen) atoms. The van der Waals surface area contributed by atoms with E-state index < -0.39 is 0 Å². The van der Waals surface area contributed by atoms with E-state index >= 15 is 0 Å². The number of ether oxygens (including phenoxy) is 2. The third-order valence-electron chi connectivity index (χ3n) is 6.36. The monoisotopic (exact) mass is 396 g/mol. The molecule has 0 bridgehead atoms. The number of epoxide rings is 1. The molecule has 2 atom stereocenters. The number of rotatable bonds is 7. The Bertz CT molecular complexity index is 505. The van der Waals surface area contributed by atoms with E-state index in [9.17, 15) is 9.59 Å². The lowest BCUT2D eigenvalue weighted by Gasteiger charge is -2.33. The molecule has 0 aromatic carbocycles. The minimum absolute atomic E-state index is 0. The summed E-state index contributed by atoms with van der Waals surface area (Å²) in [6, 6.07) is 0.460. The Morgan fingerprint density at radius 3 is 2.18 bits per heavy atom. The van der Waals surface area contributed by atoms with Gasteiger partial charge in [0, 0.05) is 6.04 Å². The maximum Gasteiger partial charge on any atom is 0.407 e. The van der Waals surface area contributed by atoms with Gasteiger partial charge in [-0.1, -0.05) is 21.8 Å². The molecule has 2 aliphatic carbocycles. The maximum atomic E-state index is 11.9. The molecule has 3 fully saturated rings. The van der Waals surface area contributed by atoms with E-state index in [1.54, 1.807) is 6.08 Å². The summed E-state index contributed by atoms with van der Waals surface area (Å²) in [7, 11) is 0. The van der Waals surface area contributed by atoms with Gasteiger partial charge >= 0.3 is 6.09 Å². The lowest BCUT2D eigenvalue weighted by Crippen LogP contribution is -2.38. The number of hydrogen-bond donors (Lipinski definition) is 1. The molecule has 2 unspecified atom stereocenters. The summed E-state index contributed by atoms with van der Waals surface area (Å²) in [6.45, 7) is 2.45. The van der Waals surface area contributed by atoms with Gasteiger partial charge in [0.2, 0.25) is 6.08 Å². The molecule has 1 heterocycles. The van der Waals surface area contributed by atoms with Crippen LogP contribution >= 0.6 is 0 Å². The lowest BCUT2D eigenvalue weighted by molar-refractivity contribution is 0.127. The normalized spacial score (nSPS) is 34.0. The third kappa shape index (κ3) is 7.56. The van der Waals surface area contributed by atoms with Crippen molar-refractivity contribution >= 4 is 12.2 Å². The first kappa shape index (κ1) is 24.6. The first-order chi connectivity index (χ1) is 12.7. The Hall–Kier alpha value is -1.39. The molecule has 6 nitrogen and oxygen atoms in total. The molecule has 1 aliphatic heterocycles. The van der Waals surface area contributed by atoms with Gasteiger partial charge in [0.1, 0.15) is 12.7 Å². The van der Waals surface area contributed by atoms with E-state index in [0.29, 0.717) is 6.61 Å². The van der Waals surface area contributed by atoms with Gasteiger partial charge in [0.15, 0.2) is 0 Å². The van der Waals surface area contributed by atoms with Crippen molar-refractivity contribution in [3.8, 4) is 0 Å². The quantitative estimate of drug-likeness (QED) is 0.373. The van der Waals surface area contributed by atoms with Gasteiger partial charge in [-0.15, -0.1) is 0 Å². The van der Waals surface area contributed by atoms with Crippen molar-refractivity contribution in [1.29, 1.82) is 0 Å². The van der Waals surface area contributed by atoms with E-state index in [4.69, 9.17) is 9.47 Å². The molecule has 0 aromatic rings. The van der Waals surface area contributed by atoms with Crippen LogP contribution in [0.4, 0.5) is 4.79 Å². The van der Waals surface area contributed by atoms with Crippen LogP contribution in [-0.2, 0) is 14.3 Å². The van der Waals surface area contributed by atoms with Crippen LogP contribution in [0.5, 0.6) is 0 Å². The highest BCUT2D eigenvalue weighted by molar-refractivity contribution is 5.67. The number of carbonyl (C=O) groups is 1. The number of amides is 1. The second kappa shape index (κ2) is 12.2. The Kier molecular flexibility index (Phi) is 10.8.